The van der Waals surface area contributed by atoms with Gasteiger partial charge in [0, 0.05) is 6.42 Å². The van der Waals surface area contributed by atoms with Crippen LogP contribution in [-0.2, 0) is 23.7 Å². The van der Waals surface area contributed by atoms with Gasteiger partial charge >= 0.3 is 0 Å². The number of allylic oxidation sites excluding steroid dienone is 13. The van der Waals surface area contributed by atoms with Crippen LogP contribution in [0, 0.1) is 0 Å². The smallest absolute Gasteiger partial charge is 0.220 e. The average Bonchev–Trinajstić information content (AvgIpc) is 3.29. The highest BCUT2D eigenvalue weighted by molar-refractivity contribution is 5.76. The van der Waals surface area contributed by atoms with Crippen LogP contribution in [0.15, 0.2) is 85.1 Å². The van der Waals surface area contributed by atoms with Crippen LogP contribution in [-0.4, -0.2) is 140 Å². The molecule has 2 rings (SSSR count). The number of aliphatic hydroxyl groups excluding tert-OH is 8. The van der Waals surface area contributed by atoms with Gasteiger partial charge in [-0.1, -0.05) is 125 Å². The zero-order chi connectivity index (χ0) is 46.8. The predicted octanol–water partition coefficient (Wildman–Crippen LogP) is 5.43. The van der Waals surface area contributed by atoms with Gasteiger partial charge < -0.3 is 65.1 Å². The van der Waals surface area contributed by atoms with Crippen molar-refractivity contribution in [1.29, 1.82) is 0 Å². The molecule has 2 aliphatic rings. The van der Waals surface area contributed by atoms with Crippen LogP contribution in [0.2, 0.25) is 0 Å². The zero-order valence-corrected chi connectivity index (χ0v) is 38.5. The lowest BCUT2D eigenvalue weighted by atomic mass is 9.97. The summed E-state index contributed by atoms with van der Waals surface area (Å²) < 4.78 is 22.6. The first-order chi connectivity index (χ1) is 31.1. The molecule has 366 valence electrons. The van der Waals surface area contributed by atoms with E-state index in [2.05, 4.69) is 92.1 Å². The van der Waals surface area contributed by atoms with Gasteiger partial charge in [0.1, 0.15) is 48.8 Å². The van der Waals surface area contributed by atoms with Crippen molar-refractivity contribution < 1.29 is 64.6 Å². The van der Waals surface area contributed by atoms with Gasteiger partial charge in [-0.25, -0.2) is 0 Å². The van der Waals surface area contributed by atoms with E-state index in [0.717, 1.165) is 64.2 Å². The fourth-order valence-corrected chi connectivity index (χ4v) is 7.13. The molecule has 0 aromatic heterocycles. The third-order valence-corrected chi connectivity index (χ3v) is 11.0. The largest absolute Gasteiger partial charge is 0.394 e. The molecule has 1 amide bonds. The Balaban J connectivity index is 1.94. The Morgan fingerprint density at radius 2 is 1.09 bits per heavy atom. The number of carbonyl (C=O) groups excluding carboxylic acids is 1. The van der Waals surface area contributed by atoms with Crippen LogP contribution < -0.4 is 5.32 Å². The third-order valence-electron chi connectivity index (χ3n) is 11.0. The minimum Gasteiger partial charge on any atom is -0.394 e. The summed E-state index contributed by atoms with van der Waals surface area (Å²) in [5, 5.41) is 86.5. The first-order valence-electron chi connectivity index (χ1n) is 23.8. The quantitative estimate of drug-likeness (QED) is 0.0291. The van der Waals surface area contributed by atoms with E-state index in [0.29, 0.717) is 12.8 Å². The van der Waals surface area contributed by atoms with Crippen molar-refractivity contribution in [3.05, 3.63) is 85.1 Å². The van der Waals surface area contributed by atoms with Crippen molar-refractivity contribution >= 4 is 5.91 Å². The Kier molecular flexibility index (Phi) is 32.5. The molecule has 0 spiro atoms. The van der Waals surface area contributed by atoms with Crippen LogP contribution in [0.4, 0.5) is 0 Å². The number of rotatable bonds is 34. The zero-order valence-electron chi connectivity index (χ0n) is 38.5. The SMILES string of the molecule is CC/C=C\C/C=C\C/C=C\C/C=C\CCCCC(=O)NC(COC1OC(CO)C(OC2OC(CO)C(O)C(O)C2O)C(O)C1O)C(O)/C=C/CC/C=C/CC/C=C/CCCCCCC. The maximum Gasteiger partial charge on any atom is 0.220 e. The lowest BCUT2D eigenvalue weighted by Gasteiger charge is -2.46. The fraction of sp³-hybridized carbons (Fsp3) is 0.700. The van der Waals surface area contributed by atoms with Crippen LogP contribution in [0.25, 0.3) is 0 Å². The van der Waals surface area contributed by atoms with Crippen LogP contribution in [0.3, 0.4) is 0 Å². The molecule has 64 heavy (non-hydrogen) atoms. The Morgan fingerprint density at radius 1 is 0.578 bits per heavy atom. The molecular weight excluding hydrogens is 823 g/mol. The van der Waals surface area contributed by atoms with Gasteiger partial charge in [-0.05, 0) is 83.5 Å². The third kappa shape index (κ3) is 23.6. The molecule has 12 atom stereocenters. The topological polar surface area (TPSA) is 228 Å². The number of hydrogen-bond donors (Lipinski definition) is 9. The van der Waals surface area contributed by atoms with Gasteiger partial charge in [0.05, 0.1) is 32.0 Å². The maximum atomic E-state index is 13.1. The molecule has 14 heteroatoms. The van der Waals surface area contributed by atoms with Gasteiger partial charge in [-0.15, -0.1) is 0 Å². The minimum atomic E-state index is -1.80. The summed E-state index contributed by atoms with van der Waals surface area (Å²) in [6, 6.07) is -0.962. The number of carbonyl (C=O) groups is 1. The molecule has 0 saturated carbocycles. The average molecular weight is 906 g/mol. The van der Waals surface area contributed by atoms with E-state index in [1.165, 1.54) is 32.1 Å². The molecule has 0 aromatic rings. The van der Waals surface area contributed by atoms with Crippen LogP contribution in [0.5, 0.6) is 0 Å². The monoisotopic (exact) mass is 906 g/mol. The number of nitrogens with one attached hydrogen (secondary N) is 1. The van der Waals surface area contributed by atoms with Crippen molar-refractivity contribution in [3.8, 4) is 0 Å². The summed E-state index contributed by atoms with van der Waals surface area (Å²) in [6.07, 6.45) is 29.1. The minimum absolute atomic E-state index is 0.213. The van der Waals surface area contributed by atoms with Gasteiger partial charge in [-0.3, -0.25) is 4.79 Å². The molecule has 0 bridgehead atoms. The number of ether oxygens (including phenoxy) is 4. The predicted molar refractivity (Wildman–Crippen MR) is 249 cm³/mol. The normalized spacial score (nSPS) is 28.0. The van der Waals surface area contributed by atoms with Gasteiger partial charge in [0.15, 0.2) is 12.6 Å². The number of aliphatic hydroxyl groups is 8. The Morgan fingerprint density at radius 3 is 1.70 bits per heavy atom. The Hall–Kier alpha value is -2.83. The first kappa shape index (κ1) is 57.3. The second-order valence-corrected chi connectivity index (χ2v) is 16.5. The molecule has 0 aromatic carbocycles. The summed E-state index contributed by atoms with van der Waals surface area (Å²) in [7, 11) is 0. The van der Waals surface area contributed by atoms with Gasteiger partial charge in [0.25, 0.3) is 0 Å². The van der Waals surface area contributed by atoms with E-state index in [1.54, 1.807) is 6.08 Å². The molecule has 2 aliphatic heterocycles. The number of amides is 1. The number of hydrogen-bond acceptors (Lipinski definition) is 13. The van der Waals surface area contributed by atoms with Crippen molar-refractivity contribution in [2.75, 3.05) is 19.8 Å². The molecule has 0 radical (unpaired) electrons. The number of unbranched alkanes of at least 4 members (excludes halogenated alkanes) is 9. The highest BCUT2D eigenvalue weighted by atomic mass is 16.7. The summed E-state index contributed by atoms with van der Waals surface area (Å²) in [5.74, 6) is -0.300. The summed E-state index contributed by atoms with van der Waals surface area (Å²) in [5.41, 5.74) is 0. The lowest BCUT2D eigenvalue weighted by molar-refractivity contribution is -0.359. The van der Waals surface area contributed by atoms with E-state index in [4.69, 9.17) is 18.9 Å². The summed E-state index contributed by atoms with van der Waals surface area (Å²) in [4.78, 5) is 13.1. The molecule has 14 nitrogen and oxygen atoms in total. The van der Waals surface area contributed by atoms with Crippen molar-refractivity contribution in [1.82, 2.24) is 5.32 Å². The molecule has 2 heterocycles. The lowest BCUT2D eigenvalue weighted by Crippen LogP contribution is -2.65. The molecule has 2 saturated heterocycles. The van der Waals surface area contributed by atoms with E-state index in [9.17, 15) is 45.6 Å². The molecular formula is C50H83NO13. The highest BCUT2D eigenvalue weighted by Gasteiger charge is 2.50. The summed E-state index contributed by atoms with van der Waals surface area (Å²) >= 11 is 0. The Labute approximate surface area is 382 Å². The van der Waals surface area contributed by atoms with E-state index in [-0.39, 0.29) is 18.9 Å². The van der Waals surface area contributed by atoms with E-state index in [1.807, 2.05) is 6.08 Å². The van der Waals surface area contributed by atoms with Crippen LogP contribution >= 0.6 is 0 Å². The van der Waals surface area contributed by atoms with E-state index < -0.39 is 86.8 Å². The van der Waals surface area contributed by atoms with Crippen molar-refractivity contribution in [2.45, 2.75) is 203 Å². The molecule has 12 unspecified atom stereocenters. The van der Waals surface area contributed by atoms with E-state index >= 15 is 0 Å². The van der Waals surface area contributed by atoms with Crippen LogP contribution in [0.1, 0.15) is 129 Å². The van der Waals surface area contributed by atoms with Gasteiger partial charge in [-0.2, -0.15) is 0 Å². The summed E-state index contributed by atoms with van der Waals surface area (Å²) in [6.45, 7) is 2.56. The van der Waals surface area contributed by atoms with Gasteiger partial charge in [0.2, 0.25) is 5.91 Å². The highest BCUT2D eigenvalue weighted by Crippen LogP contribution is 2.30. The Bertz CT molecular complexity index is 1400. The molecule has 2 fully saturated rings. The van der Waals surface area contributed by atoms with Crippen molar-refractivity contribution in [3.63, 3.8) is 0 Å². The fourth-order valence-electron chi connectivity index (χ4n) is 7.13. The molecule has 0 aliphatic carbocycles. The van der Waals surface area contributed by atoms with Crippen molar-refractivity contribution in [2.24, 2.45) is 0 Å². The second-order valence-electron chi connectivity index (χ2n) is 16.5. The molecule has 9 N–H and O–H groups in total. The maximum absolute atomic E-state index is 13.1. The standard InChI is InChI=1S/C50H83NO13/c1-3-5-7-9-11-13-15-17-19-21-23-25-27-29-31-33-39(54)38(51-42(55)34-32-30-28-26-24-22-20-18-16-14-12-10-8-6-4-2)37-61-49-47(60)45(58)48(41(36-53)63-49)64-50-46(59)44(57)43(56)40(35-52)62-50/h6,8,12,14-15,17-18,20,23-26,31,33,38-41,43-50,52-54,56-60H,3-5,7,9-11,13,16,19,21-22,27-30,32,34-37H2,1-2H3,(H,51,55)/b8-6-,14-12-,17-15+,20-18-,25-23+,26-24-,33-31+. The first-order valence-corrected chi connectivity index (χ1v) is 23.8. The second kappa shape index (κ2) is 36.3.